The minimum atomic E-state index is -0.727. The van der Waals surface area contributed by atoms with E-state index in [4.69, 9.17) is 16.6 Å². The van der Waals surface area contributed by atoms with Gasteiger partial charge in [0.25, 0.3) is 5.91 Å². The number of hydrogen-bond acceptors (Lipinski definition) is 3. The van der Waals surface area contributed by atoms with Crippen LogP contribution in [-0.4, -0.2) is 26.5 Å². The number of halogens is 1. The number of aryl methyl sites for hydroxylation is 2. The quantitative estimate of drug-likeness (QED) is 0.304. The molecule has 0 saturated carbocycles. The predicted molar refractivity (Wildman–Crippen MR) is 139 cm³/mol. The second-order valence-electron chi connectivity index (χ2n) is 9.20. The molecule has 1 amide bonds. The third-order valence-corrected chi connectivity index (χ3v) is 7.23. The van der Waals surface area contributed by atoms with Crippen LogP contribution in [0.5, 0.6) is 0 Å². The molecule has 184 valence electrons. The van der Waals surface area contributed by atoms with Crippen molar-refractivity contribution in [1.82, 2.24) is 9.55 Å². The highest BCUT2D eigenvalue weighted by Gasteiger charge is 2.33. The van der Waals surface area contributed by atoms with E-state index in [1.54, 1.807) is 12.1 Å². The van der Waals surface area contributed by atoms with Crippen LogP contribution in [0.25, 0.3) is 11.4 Å². The first-order chi connectivity index (χ1) is 16.9. The lowest BCUT2D eigenvalue weighted by molar-refractivity contribution is -0.142. The number of carboxylic acid groups (broad SMARTS) is 1. The van der Waals surface area contributed by atoms with Gasteiger partial charge in [0, 0.05) is 18.3 Å². The van der Waals surface area contributed by atoms with Crippen LogP contribution in [0.15, 0.2) is 48.7 Å². The largest absolute Gasteiger partial charge is 0.481 e. The van der Waals surface area contributed by atoms with E-state index in [1.807, 2.05) is 31.3 Å². The monoisotopic (exact) mass is 493 g/mol. The number of benzene rings is 2. The van der Waals surface area contributed by atoms with E-state index < -0.39 is 5.97 Å². The summed E-state index contributed by atoms with van der Waals surface area (Å²) >= 11 is 6.21. The van der Waals surface area contributed by atoms with Gasteiger partial charge in [0.15, 0.2) is 0 Å². The number of imidazole rings is 1. The molecule has 3 aromatic rings. The molecule has 4 rings (SSSR count). The number of fused-ring (bicyclic) bond motifs is 1. The van der Waals surface area contributed by atoms with Gasteiger partial charge in [0.1, 0.15) is 11.5 Å². The first kappa shape index (κ1) is 25.0. The van der Waals surface area contributed by atoms with Crippen molar-refractivity contribution >= 4 is 29.2 Å². The number of hydrogen-bond donors (Lipinski definition) is 2. The fourth-order valence-corrected chi connectivity index (χ4v) is 5.23. The number of amides is 1. The number of para-hydroxylation sites is 1. The summed E-state index contributed by atoms with van der Waals surface area (Å²) < 4.78 is 2.05. The molecule has 1 aliphatic carbocycles. The van der Waals surface area contributed by atoms with Crippen LogP contribution in [-0.2, 0) is 17.8 Å². The van der Waals surface area contributed by atoms with Crippen LogP contribution in [0.4, 0.5) is 5.69 Å². The Kier molecular flexibility index (Phi) is 7.91. The molecule has 0 aliphatic heterocycles. The Morgan fingerprint density at radius 1 is 1.20 bits per heavy atom. The normalized spacial score (nSPS) is 15.6. The number of nitrogens with zero attached hydrogens (tertiary/aromatic N) is 2. The maximum absolute atomic E-state index is 13.0. The van der Waals surface area contributed by atoms with Crippen LogP contribution >= 0.6 is 11.6 Å². The average molecular weight is 494 g/mol. The molecule has 2 aromatic carbocycles. The summed E-state index contributed by atoms with van der Waals surface area (Å²) in [5, 5.41) is 13.0. The third-order valence-electron chi connectivity index (χ3n) is 6.90. The minimum Gasteiger partial charge on any atom is -0.481 e. The highest BCUT2D eigenvalue weighted by atomic mass is 35.5. The van der Waals surface area contributed by atoms with Gasteiger partial charge in [-0.25, -0.2) is 4.98 Å². The van der Waals surface area contributed by atoms with Crippen LogP contribution in [0, 0.1) is 5.92 Å². The fraction of sp³-hybridized carbons (Fsp3) is 0.393. The standard InChI is InChI=1S/C28H32ClN3O3/c1-3-5-8-15-32-17-25(27(33)31-24-10-7-6-9-23(24)29)30-26(32)19-12-13-21-18(16-19)11-14-22(21)20(4-2)28(34)35/h6-7,9-10,12-13,16-17,20,22H,3-5,8,11,14-15H2,1-2H3,(H,31,33)(H,34,35). The molecule has 0 fully saturated rings. The van der Waals surface area contributed by atoms with Crippen molar-refractivity contribution in [2.45, 2.75) is 64.8 Å². The summed E-state index contributed by atoms with van der Waals surface area (Å²) in [5.41, 5.74) is 4.14. The Bertz CT molecular complexity index is 1220. The molecule has 2 N–H and O–H groups in total. The average Bonchev–Trinajstić information content (AvgIpc) is 3.45. The molecular formula is C28H32ClN3O3. The highest BCUT2D eigenvalue weighted by Crippen LogP contribution is 2.41. The smallest absolute Gasteiger partial charge is 0.307 e. The van der Waals surface area contributed by atoms with Crippen molar-refractivity contribution in [2.24, 2.45) is 5.92 Å². The number of nitrogens with one attached hydrogen (secondary N) is 1. The van der Waals surface area contributed by atoms with Gasteiger partial charge in [-0.1, -0.05) is 62.6 Å². The molecule has 7 heteroatoms. The van der Waals surface area contributed by atoms with E-state index in [0.29, 0.717) is 22.8 Å². The predicted octanol–water partition coefficient (Wildman–Crippen LogP) is 6.79. The number of unbranched alkanes of at least 4 members (excludes halogenated alkanes) is 2. The molecular weight excluding hydrogens is 462 g/mol. The Balaban J connectivity index is 1.64. The second kappa shape index (κ2) is 11.1. The number of carbonyl (C=O) groups is 2. The Labute approximate surface area is 211 Å². The van der Waals surface area contributed by atoms with Crippen LogP contribution in [0.3, 0.4) is 0 Å². The van der Waals surface area contributed by atoms with Gasteiger partial charge in [0.2, 0.25) is 0 Å². The maximum Gasteiger partial charge on any atom is 0.307 e. The molecule has 2 unspecified atom stereocenters. The molecule has 2 atom stereocenters. The van der Waals surface area contributed by atoms with Gasteiger partial charge in [-0.3, -0.25) is 9.59 Å². The van der Waals surface area contributed by atoms with Crippen molar-refractivity contribution in [3.63, 3.8) is 0 Å². The van der Waals surface area contributed by atoms with Gasteiger partial charge >= 0.3 is 5.97 Å². The van der Waals surface area contributed by atoms with E-state index >= 15 is 0 Å². The summed E-state index contributed by atoms with van der Waals surface area (Å²) in [5.74, 6) is -0.597. The molecule has 0 saturated heterocycles. The van der Waals surface area contributed by atoms with Crippen molar-refractivity contribution in [2.75, 3.05) is 5.32 Å². The van der Waals surface area contributed by atoms with Crippen molar-refractivity contribution in [1.29, 1.82) is 0 Å². The third kappa shape index (κ3) is 5.43. The highest BCUT2D eigenvalue weighted by molar-refractivity contribution is 6.33. The lowest BCUT2D eigenvalue weighted by atomic mass is 9.85. The van der Waals surface area contributed by atoms with Gasteiger partial charge < -0.3 is 15.0 Å². The van der Waals surface area contributed by atoms with Crippen LogP contribution in [0.1, 0.15) is 73.5 Å². The maximum atomic E-state index is 13.0. The van der Waals surface area contributed by atoms with E-state index in [1.165, 1.54) is 5.56 Å². The number of carbonyl (C=O) groups excluding carboxylic acids is 1. The summed E-state index contributed by atoms with van der Waals surface area (Å²) in [6.45, 7) is 4.87. The van der Waals surface area contributed by atoms with Crippen molar-refractivity contribution in [3.8, 4) is 11.4 Å². The second-order valence-corrected chi connectivity index (χ2v) is 9.60. The van der Waals surface area contributed by atoms with Crippen molar-refractivity contribution in [3.05, 3.63) is 70.5 Å². The number of anilines is 1. The lowest BCUT2D eigenvalue weighted by Crippen LogP contribution is -2.19. The minimum absolute atomic E-state index is 0.0443. The van der Waals surface area contributed by atoms with E-state index in [2.05, 4.69) is 28.9 Å². The topological polar surface area (TPSA) is 84.2 Å². The Morgan fingerprint density at radius 2 is 2.00 bits per heavy atom. The molecule has 6 nitrogen and oxygen atoms in total. The zero-order chi connectivity index (χ0) is 24.9. The van der Waals surface area contributed by atoms with Crippen molar-refractivity contribution < 1.29 is 14.7 Å². The van der Waals surface area contributed by atoms with E-state index in [-0.39, 0.29) is 17.7 Å². The first-order valence-electron chi connectivity index (χ1n) is 12.4. The number of aliphatic carboxylic acids is 1. The van der Waals surface area contributed by atoms with Crippen LogP contribution in [0.2, 0.25) is 5.02 Å². The molecule has 1 heterocycles. The zero-order valence-electron chi connectivity index (χ0n) is 20.3. The summed E-state index contributed by atoms with van der Waals surface area (Å²) in [6, 6.07) is 13.3. The summed E-state index contributed by atoms with van der Waals surface area (Å²) in [4.78, 5) is 29.5. The van der Waals surface area contributed by atoms with Gasteiger partial charge in [-0.2, -0.15) is 0 Å². The number of rotatable bonds is 10. The van der Waals surface area contributed by atoms with Gasteiger partial charge in [-0.15, -0.1) is 0 Å². The van der Waals surface area contributed by atoms with Crippen LogP contribution < -0.4 is 5.32 Å². The molecule has 0 radical (unpaired) electrons. The van der Waals surface area contributed by atoms with Gasteiger partial charge in [-0.05, 0) is 60.9 Å². The molecule has 0 spiro atoms. The number of carboxylic acids is 1. The summed E-state index contributed by atoms with van der Waals surface area (Å²) in [7, 11) is 0. The summed E-state index contributed by atoms with van der Waals surface area (Å²) in [6.07, 6.45) is 7.32. The molecule has 35 heavy (non-hydrogen) atoms. The molecule has 1 aliphatic rings. The lowest BCUT2D eigenvalue weighted by Gasteiger charge is -2.19. The first-order valence-corrected chi connectivity index (χ1v) is 12.8. The SMILES string of the molecule is CCCCCn1cc(C(=O)Nc2ccccc2Cl)nc1-c1ccc2c(c1)CCC2C(CC)C(=O)O. The van der Waals surface area contributed by atoms with E-state index in [0.717, 1.165) is 55.6 Å². The molecule has 0 bridgehead atoms. The molecule has 1 aromatic heterocycles. The number of aromatic nitrogens is 2. The Morgan fingerprint density at radius 3 is 2.71 bits per heavy atom. The Hall–Kier alpha value is -3.12. The van der Waals surface area contributed by atoms with E-state index in [9.17, 15) is 14.7 Å². The van der Waals surface area contributed by atoms with Gasteiger partial charge in [0.05, 0.1) is 16.6 Å². The zero-order valence-corrected chi connectivity index (χ0v) is 21.0. The fourth-order valence-electron chi connectivity index (χ4n) is 5.05.